The van der Waals surface area contributed by atoms with E-state index >= 15 is 0 Å². The van der Waals surface area contributed by atoms with E-state index < -0.39 is 11.9 Å². The van der Waals surface area contributed by atoms with E-state index in [1.165, 1.54) is 30.7 Å². The fraction of sp³-hybridized carbons (Fsp3) is 0.0690. The number of hydrogen-bond donors (Lipinski definition) is 1. The summed E-state index contributed by atoms with van der Waals surface area (Å²) >= 11 is 0. The first-order valence-electron chi connectivity index (χ1n) is 10.9. The Labute approximate surface area is 203 Å². The Bertz CT molecular complexity index is 1430. The number of fused-ring (bicyclic) bond motifs is 1. The molecule has 0 radical (unpaired) electrons. The van der Waals surface area contributed by atoms with E-state index in [0.717, 1.165) is 10.9 Å². The highest BCUT2D eigenvalue weighted by molar-refractivity contribution is 6.09. The number of methoxy groups -OCH3 is 1. The zero-order valence-corrected chi connectivity index (χ0v) is 19.0. The van der Waals surface area contributed by atoms with E-state index in [-0.39, 0.29) is 5.57 Å². The molecule has 0 saturated carbocycles. The highest BCUT2D eigenvalue weighted by Crippen LogP contribution is 2.20. The molecular formula is C29H22N2O4. The summed E-state index contributed by atoms with van der Waals surface area (Å²) < 4.78 is 10.5. The van der Waals surface area contributed by atoms with E-state index in [9.17, 15) is 14.9 Å². The van der Waals surface area contributed by atoms with Gasteiger partial charge in [0.25, 0.3) is 5.91 Å². The van der Waals surface area contributed by atoms with Crippen molar-refractivity contribution in [1.29, 1.82) is 5.26 Å². The Morgan fingerprint density at radius 2 is 1.63 bits per heavy atom. The molecular weight excluding hydrogens is 440 g/mol. The van der Waals surface area contributed by atoms with Crippen molar-refractivity contribution < 1.29 is 19.1 Å². The lowest BCUT2D eigenvalue weighted by Crippen LogP contribution is -2.13. The number of nitriles is 1. The summed E-state index contributed by atoms with van der Waals surface area (Å²) in [5, 5.41) is 14.5. The smallest absolute Gasteiger partial charge is 0.337 e. The molecule has 6 heteroatoms. The molecule has 0 spiro atoms. The number of rotatable bonds is 7. The fourth-order valence-electron chi connectivity index (χ4n) is 3.48. The summed E-state index contributed by atoms with van der Waals surface area (Å²) in [6, 6.07) is 29.7. The van der Waals surface area contributed by atoms with E-state index in [0.29, 0.717) is 29.2 Å². The minimum absolute atomic E-state index is 0.0492. The van der Waals surface area contributed by atoms with Crippen LogP contribution >= 0.6 is 0 Å². The first-order valence-corrected chi connectivity index (χ1v) is 10.9. The van der Waals surface area contributed by atoms with Gasteiger partial charge in [-0.15, -0.1) is 0 Å². The molecule has 0 aromatic heterocycles. The molecule has 0 aliphatic rings. The first kappa shape index (κ1) is 23.3. The fourth-order valence-corrected chi connectivity index (χ4v) is 3.48. The van der Waals surface area contributed by atoms with Gasteiger partial charge in [-0.1, -0.05) is 48.5 Å². The number of esters is 1. The average molecular weight is 463 g/mol. The molecule has 4 rings (SSSR count). The maximum Gasteiger partial charge on any atom is 0.337 e. The number of hydrogen-bond acceptors (Lipinski definition) is 5. The van der Waals surface area contributed by atoms with Crippen molar-refractivity contribution in [2.24, 2.45) is 0 Å². The lowest BCUT2D eigenvalue weighted by Gasteiger charge is -2.08. The van der Waals surface area contributed by atoms with E-state index in [4.69, 9.17) is 4.74 Å². The van der Waals surface area contributed by atoms with Crippen LogP contribution in [0.5, 0.6) is 5.75 Å². The molecule has 4 aromatic rings. The molecule has 0 atom stereocenters. The Kier molecular flexibility index (Phi) is 7.19. The SMILES string of the molecule is COC(=O)c1ccc(NC(=O)/C(C#N)=C/c2ccc(OCc3ccc4ccccc4c3)cc2)cc1. The van der Waals surface area contributed by atoms with Crippen LogP contribution in [0.1, 0.15) is 21.5 Å². The summed E-state index contributed by atoms with van der Waals surface area (Å²) in [5.41, 5.74) is 2.53. The van der Waals surface area contributed by atoms with Crippen molar-refractivity contribution in [3.05, 3.63) is 113 Å². The van der Waals surface area contributed by atoms with Crippen molar-refractivity contribution in [2.75, 3.05) is 12.4 Å². The van der Waals surface area contributed by atoms with Crippen LogP contribution in [0.15, 0.2) is 96.6 Å². The van der Waals surface area contributed by atoms with Crippen molar-refractivity contribution in [3.63, 3.8) is 0 Å². The van der Waals surface area contributed by atoms with Gasteiger partial charge in [-0.05, 0) is 70.4 Å². The second kappa shape index (κ2) is 10.8. The van der Waals surface area contributed by atoms with Crippen LogP contribution < -0.4 is 10.1 Å². The number of carbonyl (C=O) groups excluding carboxylic acids is 2. The van der Waals surface area contributed by atoms with Crippen molar-refractivity contribution in [3.8, 4) is 11.8 Å². The van der Waals surface area contributed by atoms with Gasteiger partial charge in [-0.2, -0.15) is 5.26 Å². The van der Waals surface area contributed by atoms with Crippen LogP contribution in [0.2, 0.25) is 0 Å². The van der Waals surface area contributed by atoms with E-state index in [1.54, 1.807) is 36.4 Å². The number of anilines is 1. The standard InChI is InChI=1S/C29H22N2O4/c1-34-29(33)23-10-12-26(13-11-23)31-28(32)25(18-30)16-20-7-14-27(15-8-20)35-19-21-6-9-22-4-2-3-5-24(22)17-21/h2-17H,19H2,1H3,(H,31,32)/b25-16+. The number of ether oxygens (including phenoxy) is 2. The summed E-state index contributed by atoms with van der Waals surface area (Å²) in [6.45, 7) is 0.431. The molecule has 0 fully saturated rings. The van der Waals surface area contributed by atoms with E-state index in [2.05, 4.69) is 34.3 Å². The number of nitrogens with zero attached hydrogens (tertiary/aromatic N) is 1. The summed E-state index contributed by atoms with van der Waals surface area (Å²) in [6.07, 6.45) is 1.51. The van der Waals surface area contributed by atoms with Gasteiger partial charge in [0.1, 0.15) is 24.0 Å². The summed E-state index contributed by atoms with van der Waals surface area (Å²) in [7, 11) is 1.30. The molecule has 35 heavy (non-hydrogen) atoms. The molecule has 6 nitrogen and oxygen atoms in total. The summed E-state index contributed by atoms with van der Waals surface area (Å²) in [5.74, 6) is -0.330. The maximum absolute atomic E-state index is 12.5. The van der Waals surface area contributed by atoms with Gasteiger partial charge in [-0.3, -0.25) is 4.79 Å². The van der Waals surface area contributed by atoms with Gasteiger partial charge in [0.2, 0.25) is 0 Å². The Balaban J connectivity index is 1.38. The molecule has 0 bridgehead atoms. The summed E-state index contributed by atoms with van der Waals surface area (Å²) in [4.78, 5) is 24.0. The minimum Gasteiger partial charge on any atom is -0.489 e. The van der Waals surface area contributed by atoms with Crippen LogP contribution in [0.4, 0.5) is 5.69 Å². The Hall–Kier alpha value is -4.89. The minimum atomic E-state index is -0.546. The van der Waals surface area contributed by atoms with Gasteiger partial charge in [0.15, 0.2) is 0 Å². The van der Waals surface area contributed by atoms with Gasteiger partial charge in [-0.25, -0.2) is 4.79 Å². The van der Waals surface area contributed by atoms with Crippen LogP contribution in [-0.2, 0) is 16.1 Å². The molecule has 0 aliphatic carbocycles. The quantitative estimate of drug-likeness (QED) is 0.215. The van der Waals surface area contributed by atoms with Gasteiger partial charge < -0.3 is 14.8 Å². The van der Waals surface area contributed by atoms with Crippen LogP contribution in [0.3, 0.4) is 0 Å². The Morgan fingerprint density at radius 1 is 0.914 bits per heavy atom. The topological polar surface area (TPSA) is 88.4 Å². The number of carbonyl (C=O) groups is 2. The molecule has 1 N–H and O–H groups in total. The largest absolute Gasteiger partial charge is 0.489 e. The van der Waals surface area contributed by atoms with Gasteiger partial charge >= 0.3 is 5.97 Å². The monoisotopic (exact) mass is 462 g/mol. The first-order chi connectivity index (χ1) is 17.1. The third-order valence-corrected chi connectivity index (χ3v) is 5.34. The predicted molar refractivity (Wildman–Crippen MR) is 135 cm³/mol. The lowest BCUT2D eigenvalue weighted by atomic mass is 10.1. The molecule has 4 aromatic carbocycles. The third kappa shape index (κ3) is 5.92. The normalized spacial score (nSPS) is 10.9. The Morgan fingerprint density at radius 3 is 2.31 bits per heavy atom. The molecule has 0 unspecified atom stereocenters. The van der Waals surface area contributed by atoms with Crippen molar-refractivity contribution in [2.45, 2.75) is 6.61 Å². The predicted octanol–water partition coefficient (Wildman–Crippen LogP) is 5.75. The van der Waals surface area contributed by atoms with E-state index in [1.807, 2.05) is 24.3 Å². The van der Waals surface area contributed by atoms with Crippen LogP contribution in [0.25, 0.3) is 16.8 Å². The number of nitrogens with one attached hydrogen (secondary N) is 1. The molecule has 0 saturated heterocycles. The lowest BCUT2D eigenvalue weighted by molar-refractivity contribution is -0.112. The third-order valence-electron chi connectivity index (χ3n) is 5.34. The second-order valence-corrected chi connectivity index (χ2v) is 7.73. The van der Waals surface area contributed by atoms with Gasteiger partial charge in [0, 0.05) is 5.69 Å². The molecule has 1 amide bonds. The highest BCUT2D eigenvalue weighted by Gasteiger charge is 2.11. The maximum atomic E-state index is 12.5. The van der Waals surface area contributed by atoms with Gasteiger partial charge in [0.05, 0.1) is 12.7 Å². The average Bonchev–Trinajstić information content (AvgIpc) is 2.91. The zero-order chi connectivity index (χ0) is 24.6. The number of benzene rings is 4. The number of amides is 1. The van der Waals surface area contributed by atoms with Crippen LogP contribution in [-0.4, -0.2) is 19.0 Å². The molecule has 0 aliphatic heterocycles. The molecule has 0 heterocycles. The zero-order valence-electron chi connectivity index (χ0n) is 19.0. The molecule has 172 valence electrons. The van der Waals surface area contributed by atoms with Crippen molar-refractivity contribution >= 4 is 34.4 Å². The second-order valence-electron chi connectivity index (χ2n) is 7.73. The van der Waals surface area contributed by atoms with Crippen LogP contribution in [0, 0.1) is 11.3 Å². The highest BCUT2D eigenvalue weighted by atomic mass is 16.5. The van der Waals surface area contributed by atoms with Crippen molar-refractivity contribution in [1.82, 2.24) is 0 Å².